The lowest BCUT2D eigenvalue weighted by atomic mass is 10.1. The molecule has 1 amide bonds. The van der Waals surface area contributed by atoms with Gasteiger partial charge in [-0.2, -0.15) is 0 Å². The molecule has 0 radical (unpaired) electrons. The van der Waals surface area contributed by atoms with E-state index in [2.05, 4.69) is 10.3 Å². The van der Waals surface area contributed by atoms with Crippen LogP contribution in [0.4, 0.5) is 11.4 Å². The first-order valence-electron chi connectivity index (χ1n) is 8.65. The highest BCUT2D eigenvalue weighted by Crippen LogP contribution is 2.35. The van der Waals surface area contributed by atoms with E-state index in [9.17, 15) is 14.9 Å². The van der Waals surface area contributed by atoms with Crippen LogP contribution in [0.25, 0.3) is 20.8 Å². The molecule has 29 heavy (non-hydrogen) atoms. The van der Waals surface area contributed by atoms with Crippen LogP contribution >= 0.6 is 11.3 Å². The molecule has 0 atom stereocenters. The number of fused-ring (bicyclic) bond motifs is 1. The van der Waals surface area contributed by atoms with E-state index in [-0.39, 0.29) is 11.6 Å². The maximum atomic E-state index is 12.6. The van der Waals surface area contributed by atoms with Crippen LogP contribution in [-0.2, 0) is 0 Å². The summed E-state index contributed by atoms with van der Waals surface area (Å²) in [5.41, 5.74) is 2.50. The Balaban J connectivity index is 1.64. The fraction of sp³-hybridized carbons (Fsp3) is 0.0476. The summed E-state index contributed by atoms with van der Waals surface area (Å²) in [6, 6.07) is 18.8. The van der Waals surface area contributed by atoms with Gasteiger partial charge < -0.3 is 10.1 Å². The number of aromatic nitrogens is 1. The fourth-order valence-corrected chi connectivity index (χ4v) is 3.83. The summed E-state index contributed by atoms with van der Waals surface area (Å²) in [5.74, 6) is 0.116. The standard InChI is InChI=1S/C21H15N3O4S/c1-28-18-11-8-14(21-23-16-4-2-3-5-19(16)29-21)12-17(18)22-20(25)13-6-9-15(10-7-13)24(26)27/h2-12H,1H3,(H,22,25). The number of non-ortho nitro benzene ring substituents is 1. The summed E-state index contributed by atoms with van der Waals surface area (Å²) in [7, 11) is 1.52. The number of carbonyl (C=O) groups is 1. The number of para-hydroxylation sites is 1. The second kappa shape index (κ2) is 7.69. The topological polar surface area (TPSA) is 94.4 Å². The lowest BCUT2D eigenvalue weighted by Crippen LogP contribution is -2.12. The quantitative estimate of drug-likeness (QED) is 0.367. The van der Waals surface area contributed by atoms with Gasteiger partial charge in [0.2, 0.25) is 0 Å². The number of rotatable bonds is 5. The molecule has 3 aromatic carbocycles. The van der Waals surface area contributed by atoms with E-state index in [0.29, 0.717) is 17.0 Å². The highest BCUT2D eigenvalue weighted by atomic mass is 32.1. The zero-order valence-corrected chi connectivity index (χ0v) is 16.1. The van der Waals surface area contributed by atoms with Crippen LogP contribution in [0.15, 0.2) is 66.7 Å². The highest BCUT2D eigenvalue weighted by Gasteiger charge is 2.14. The van der Waals surface area contributed by atoms with Gasteiger partial charge in [0.05, 0.1) is 27.9 Å². The van der Waals surface area contributed by atoms with Crippen molar-refractivity contribution < 1.29 is 14.5 Å². The van der Waals surface area contributed by atoms with Gasteiger partial charge in [-0.15, -0.1) is 11.3 Å². The Morgan fingerprint density at radius 1 is 1.10 bits per heavy atom. The molecule has 0 unspecified atom stereocenters. The predicted octanol–water partition coefficient (Wildman–Crippen LogP) is 5.13. The number of ether oxygens (including phenoxy) is 1. The first-order chi connectivity index (χ1) is 14.0. The molecule has 0 saturated carbocycles. The minimum absolute atomic E-state index is 0.0723. The van der Waals surface area contributed by atoms with Crippen LogP contribution in [0.3, 0.4) is 0 Å². The Labute approximate surface area is 169 Å². The van der Waals surface area contributed by atoms with Crippen LogP contribution in [0.2, 0.25) is 0 Å². The predicted molar refractivity (Wildman–Crippen MR) is 113 cm³/mol. The summed E-state index contributed by atoms with van der Waals surface area (Å²) in [6.07, 6.45) is 0. The molecule has 4 rings (SSSR count). The van der Waals surface area contributed by atoms with Crippen molar-refractivity contribution >= 4 is 38.8 Å². The van der Waals surface area contributed by atoms with Gasteiger partial charge in [-0.1, -0.05) is 12.1 Å². The Hall–Kier alpha value is -3.78. The smallest absolute Gasteiger partial charge is 0.269 e. The van der Waals surface area contributed by atoms with Gasteiger partial charge in [0, 0.05) is 23.3 Å². The molecule has 8 heteroatoms. The third-order valence-corrected chi connectivity index (χ3v) is 5.41. The third kappa shape index (κ3) is 3.78. The number of thiazole rings is 1. The molecule has 0 saturated heterocycles. The second-order valence-electron chi connectivity index (χ2n) is 6.16. The monoisotopic (exact) mass is 405 g/mol. The van der Waals surface area contributed by atoms with E-state index in [1.165, 1.54) is 31.4 Å². The normalized spacial score (nSPS) is 10.7. The average Bonchev–Trinajstić information content (AvgIpc) is 3.18. The van der Waals surface area contributed by atoms with E-state index in [1.54, 1.807) is 23.5 Å². The molecule has 1 N–H and O–H groups in total. The van der Waals surface area contributed by atoms with Crippen molar-refractivity contribution in [3.05, 3.63) is 82.4 Å². The Morgan fingerprint density at radius 2 is 1.86 bits per heavy atom. The minimum Gasteiger partial charge on any atom is -0.495 e. The molecule has 1 heterocycles. The molecule has 0 aliphatic heterocycles. The fourth-order valence-electron chi connectivity index (χ4n) is 2.86. The molecule has 0 aliphatic carbocycles. The molecule has 7 nitrogen and oxygen atoms in total. The first-order valence-corrected chi connectivity index (χ1v) is 9.46. The minimum atomic E-state index is -0.508. The number of nitrogens with one attached hydrogen (secondary N) is 1. The second-order valence-corrected chi connectivity index (χ2v) is 7.19. The number of hydrogen-bond donors (Lipinski definition) is 1. The van der Waals surface area contributed by atoms with E-state index in [0.717, 1.165) is 20.8 Å². The number of carbonyl (C=O) groups excluding carboxylic acids is 1. The summed E-state index contributed by atoms with van der Waals surface area (Å²) in [6.45, 7) is 0. The molecule has 0 spiro atoms. The van der Waals surface area contributed by atoms with Gasteiger partial charge in [0.15, 0.2) is 0 Å². The number of nitrogens with zero attached hydrogens (tertiary/aromatic N) is 2. The van der Waals surface area contributed by atoms with Crippen molar-refractivity contribution in [2.24, 2.45) is 0 Å². The van der Waals surface area contributed by atoms with E-state index < -0.39 is 4.92 Å². The van der Waals surface area contributed by atoms with Gasteiger partial charge in [-0.05, 0) is 42.5 Å². The number of benzene rings is 3. The zero-order chi connectivity index (χ0) is 20.4. The molecular formula is C21H15N3O4S. The molecular weight excluding hydrogens is 390 g/mol. The van der Waals surface area contributed by atoms with Gasteiger partial charge in [-0.25, -0.2) is 4.98 Å². The van der Waals surface area contributed by atoms with Crippen LogP contribution in [0.1, 0.15) is 10.4 Å². The lowest BCUT2D eigenvalue weighted by molar-refractivity contribution is -0.384. The first kappa shape index (κ1) is 18.6. The van der Waals surface area contributed by atoms with Gasteiger partial charge >= 0.3 is 0 Å². The zero-order valence-electron chi connectivity index (χ0n) is 15.3. The number of methoxy groups -OCH3 is 1. The van der Waals surface area contributed by atoms with Gasteiger partial charge in [0.25, 0.3) is 11.6 Å². The molecule has 0 bridgehead atoms. The van der Waals surface area contributed by atoms with Crippen molar-refractivity contribution in [1.29, 1.82) is 0 Å². The van der Waals surface area contributed by atoms with Gasteiger partial charge in [-0.3, -0.25) is 14.9 Å². The summed E-state index contributed by atoms with van der Waals surface area (Å²) in [4.78, 5) is 27.5. The molecule has 0 aliphatic rings. The van der Waals surface area contributed by atoms with Crippen LogP contribution in [0, 0.1) is 10.1 Å². The van der Waals surface area contributed by atoms with Crippen molar-refractivity contribution in [3.63, 3.8) is 0 Å². The van der Waals surface area contributed by atoms with Crippen molar-refractivity contribution in [2.45, 2.75) is 0 Å². The summed E-state index contributed by atoms with van der Waals surface area (Å²) < 4.78 is 6.44. The largest absolute Gasteiger partial charge is 0.495 e. The molecule has 4 aromatic rings. The number of nitro benzene ring substituents is 1. The van der Waals surface area contributed by atoms with E-state index in [1.807, 2.05) is 30.3 Å². The summed E-state index contributed by atoms with van der Waals surface area (Å²) >= 11 is 1.56. The lowest BCUT2D eigenvalue weighted by Gasteiger charge is -2.11. The Kier molecular flexibility index (Phi) is 4.92. The average molecular weight is 405 g/mol. The number of anilines is 1. The van der Waals surface area contributed by atoms with Crippen molar-refractivity contribution in [1.82, 2.24) is 4.98 Å². The number of hydrogen-bond acceptors (Lipinski definition) is 6. The van der Waals surface area contributed by atoms with E-state index >= 15 is 0 Å². The van der Waals surface area contributed by atoms with Gasteiger partial charge in [0.1, 0.15) is 10.8 Å². The molecule has 144 valence electrons. The molecule has 0 fully saturated rings. The number of amides is 1. The maximum Gasteiger partial charge on any atom is 0.269 e. The highest BCUT2D eigenvalue weighted by molar-refractivity contribution is 7.21. The summed E-state index contributed by atoms with van der Waals surface area (Å²) in [5, 5.41) is 14.4. The Bertz CT molecular complexity index is 1190. The van der Waals surface area contributed by atoms with Crippen LogP contribution in [0.5, 0.6) is 5.75 Å². The maximum absolute atomic E-state index is 12.6. The van der Waals surface area contributed by atoms with Crippen molar-refractivity contribution in [3.8, 4) is 16.3 Å². The Morgan fingerprint density at radius 3 is 2.55 bits per heavy atom. The van der Waals surface area contributed by atoms with Crippen LogP contribution in [-0.4, -0.2) is 22.9 Å². The number of nitro groups is 1. The van der Waals surface area contributed by atoms with E-state index in [4.69, 9.17) is 4.74 Å². The third-order valence-electron chi connectivity index (χ3n) is 4.33. The molecule has 1 aromatic heterocycles. The SMILES string of the molecule is COc1ccc(-c2nc3ccccc3s2)cc1NC(=O)c1ccc([N+](=O)[O-])cc1. The van der Waals surface area contributed by atoms with Crippen molar-refractivity contribution in [2.75, 3.05) is 12.4 Å². The van der Waals surface area contributed by atoms with Crippen LogP contribution < -0.4 is 10.1 Å².